The lowest BCUT2D eigenvalue weighted by Gasteiger charge is -2.04. The molecule has 0 aromatic carbocycles. The highest BCUT2D eigenvalue weighted by atomic mass is 32.2. The number of nitrogens with zero attached hydrogens (tertiary/aromatic N) is 2. The van der Waals surface area contributed by atoms with E-state index in [9.17, 15) is 8.42 Å². The summed E-state index contributed by atoms with van der Waals surface area (Å²) in [6, 6.07) is 0. The lowest BCUT2D eigenvalue weighted by atomic mass is 10.5. The zero-order valence-corrected chi connectivity index (χ0v) is 9.58. The topological polar surface area (TPSA) is 52.0 Å². The summed E-state index contributed by atoms with van der Waals surface area (Å²) in [6.07, 6.45) is 3.44. The van der Waals surface area contributed by atoms with E-state index in [2.05, 4.69) is 4.98 Å². The summed E-state index contributed by atoms with van der Waals surface area (Å²) in [5.74, 6) is 0.0394. The second-order valence-corrected chi connectivity index (χ2v) is 6.11. The van der Waals surface area contributed by atoms with Crippen molar-refractivity contribution in [3.05, 3.63) is 18.2 Å². The molecule has 1 heterocycles. The maximum Gasteiger partial charge on any atom is 0.158 e. The van der Waals surface area contributed by atoms with Crippen LogP contribution >= 0.6 is 0 Å². The molecule has 80 valence electrons. The molecule has 0 fully saturated rings. The van der Waals surface area contributed by atoms with Crippen LogP contribution in [0, 0.1) is 0 Å². The molecule has 0 N–H and O–H groups in total. The number of sulfone groups is 1. The summed E-state index contributed by atoms with van der Waals surface area (Å²) in [4.78, 5) is 4.04. The summed E-state index contributed by atoms with van der Waals surface area (Å²) >= 11 is 0. The van der Waals surface area contributed by atoms with E-state index in [1.165, 1.54) is 0 Å². The van der Waals surface area contributed by atoms with E-state index < -0.39 is 9.84 Å². The van der Waals surface area contributed by atoms with Crippen LogP contribution in [0.1, 0.15) is 26.5 Å². The predicted molar refractivity (Wildman–Crippen MR) is 55.7 cm³/mol. The molecule has 0 radical (unpaired) electrons. The highest BCUT2D eigenvalue weighted by Crippen LogP contribution is 2.08. The maximum absolute atomic E-state index is 11.5. The Bertz CT molecular complexity index is 393. The summed E-state index contributed by atoms with van der Waals surface area (Å²) in [7, 11) is -3.02. The van der Waals surface area contributed by atoms with Crippen molar-refractivity contribution < 1.29 is 8.42 Å². The molecule has 0 saturated heterocycles. The number of hydrogen-bond acceptors (Lipinski definition) is 3. The van der Waals surface area contributed by atoms with E-state index in [0.29, 0.717) is 5.69 Å². The van der Waals surface area contributed by atoms with Crippen LogP contribution in [0.25, 0.3) is 0 Å². The van der Waals surface area contributed by atoms with Crippen molar-refractivity contribution in [2.45, 2.75) is 38.3 Å². The fourth-order valence-corrected chi connectivity index (χ4v) is 1.92. The van der Waals surface area contributed by atoms with E-state index in [-0.39, 0.29) is 11.0 Å². The Labute approximate surface area is 84.9 Å². The molecule has 5 heteroatoms. The van der Waals surface area contributed by atoms with Crippen LogP contribution in [-0.4, -0.2) is 23.2 Å². The van der Waals surface area contributed by atoms with Crippen LogP contribution in [0.5, 0.6) is 0 Å². The molecule has 0 unspecified atom stereocenters. The number of imidazole rings is 1. The predicted octanol–water partition coefficient (Wildman–Crippen LogP) is 1.23. The van der Waals surface area contributed by atoms with Crippen molar-refractivity contribution in [2.24, 2.45) is 0 Å². The normalized spacial score (nSPS) is 12.3. The van der Waals surface area contributed by atoms with Crippen molar-refractivity contribution in [1.29, 1.82) is 0 Å². The highest BCUT2D eigenvalue weighted by molar-refractivity contribution is 7.91. The zero-order valence-electron chi connectivity index (χ0n) is 8.77. The first-order valence-electron chi connectivity index (χ1n) is 4.68. The molecule has 0 saturated carbocycles. The summed E-state index contributed by atoms with van der Waals surface area (Å²) in [6.45, 7) is 6.18. The Morgan fingerprint density at radius 3 is 2.57 bits per heavy atom. The lowest BCUT2D eigenvalue weighted by Crippen LogP contribution is -2.16. The second-order valence-electron chi connectivity index (χ2n) is 3.55. The molecular formula is C9H16N2O2S. The Balaban J connectivity index is 2.79. The molecule has 0 aliphatic rings. The fraction of sp³-hybridized carbons (Fsp3) is 0.667. The molecule has 4 nitrogen and oxygen atoms in total. The van der Waals surface area contributed by atoms with Gasteiger partial charge in [-0.05, 0) is 20.8 Å². The number of hydrogen-bond donors (Lipinski definition) is 0. The van der Waals surface area contributed by atoms with Gasteiger partial charge in [0.05, 0.1) is 23.0 Å². The monoisotopic (exact) mass is 216 g/mol. The van der Waals surface area contributed by atoms with Gasteiger partial charge in [-0.3, -0.25) is 0 Å². The second kappa shape index (κ2) is 4.13. The van der Waals surface area contributed by atoms with Gasteiger partial charge < -0.3 is 4.57 Å². The highest BCUT2D eigenvalue weighted by Gasteiger charge is 2.17. The lowest BCUT2D eigenvalue weighted by molar-refractivity contribution is 0.586. The van der Waals surface area contributed by atoms with Crippen molar-refractivity contribution in [2.75, 3.05) is 0 Å². The Morgan fingerprint density at radius 1 is 1.50 bits per heavy atom. The van der Waals surface area contributed by atoms with Gasteiger partial charge in [0, 0.05) is 12.7 Å². The zero-order chi connectivity index (χ0) is 10.8. The van der Waals surface area contributed by atoms with Gasteiger partial charge in [0.15, 0.2) is 9.84 Å². The molecule has 0 aliphatic carbocycles. The third-order valence-corrected chi connectivity index (χ3v) is 4.25. The van der Waals surface area contributed by atoms with E-state index >= 15 is 0 Å². The number of aromatic nitrogens is 2. The van der Waals surface area contributed by atoms with Gasteiger partial charge in [-0.1, -0.05) is 0 Å². The van der Waals surface area contributed by atoms with E-state index in [4.69, 9.17) is 0 Å². The van der Waals surface area contributed by atoms with E-state index in [1.807, 2.05) is 11.5 Å². The molecule has 0 amide bonds. The van der Waals surface area contributed by atoms with Crippen LogP contribution in [0.2, 0.25) is 0 Å². The molecular weight excluding hydrogens is 200 g/mol. The molecule has 1 rings (SSSR count). The summed E-state index contributed by atoms with van der Waals surface area (Å²) in [5, 5.41) is -0.339. The largest absolute Gasteiger partial charge is 0.337 e. The molecule has 0 aliphatic heterocycles. The standard InChI is InChI=1S/C9H16N2O2S/c1-4-11-5-9(10-7-11)6-14(12,13)8(2)3/h5,7-8H,4,6H2,1-3H3. The van der Waals surface area contributed by atoms with Crippen molar-refractivity contribution >= 4 is 9.84 Å². The Kier molecular flexibility index (Phi) is 3.31. The van der Waals surface area contributed by atoms with Gasteiger partial charge in [-0.2, -0.15) is 0 Å². The Morgan fingerprint density at radius 2 is 2.14 bits per heavy atom. The molecule has 14 heavy (non-hydrogen) atoms. The van der Waals surface area contributed by atoms with Crippen LogP contribution in [0.15, 0.2) is 12.5 Å². The van der Waals surface area contributed by atoms with Crippen LogP contribution in [0.3, 0.4) is 0 Å². The first kappa shape index (κ1) is 11.2. The third kappa shape index (κ3) is 2.57. The van der Waals surface area contributed by atoms with Gasteiger partial charge in [0.2, 0.25) is 0 Å². The van der Waals surface area contributed by atoms with Gasteiger partial charge in [0.1, 0.15) is 0 Å². The first-order chi connectivity index (χ1) is 6.45. The van der Waals surface area contributed by atoms with Crippen LogP contribution in [-0.2, 0) is 22.1 Å². The minimum Gasteiger partial charge on any atom is -0.337 e. The van der Waals surface area contributed by atoms with Crippen molar-refractivity contribution in [1.82, 2.24) is 9.55 Å². The van der Waals surface area contributed by atoms with Crippen LogP contribution in [0.4, 0.5) is 0 Å². The van der Waals surface area contributed by atoms with Crippen molar-refractivity contribution in [3.8, 4) is 0 Å². The Hall–Kier alpha value is -0.840. The fourth-order valence-electron chi connectivity index (χ4n) is 1.03. The van der Waals surface area contributed by atoms with Crippen molar-refractivity contribution in [3.63, 3.8) is 0 Å². The first-order valence-corrected chi connectivity index (χ1v) is 6.39. The minimum absolute atomic E-state index is 0.0394. The average molecular weight is 216 g/mol. The van der Waals surface area contributed by atoms with Gasteiger partial charge in [-0.15, -0.1) is 0 Å². The third-order valence-electron chi connectivity index (χ3n) is 2.12. The SMILES string of the molecule is CCn1cnc(CS(=O)(=O)C(C)C)c1. The molecule has 0 atom stereocenters. The molecule has 1 aromatic rings. The van der Waals surface area contributed by atoms with Crippen LogP contribution < -0.4 is 0 Å². The van der Waals surface area contributed by atoms with Gasteiger partial charge in [-0.25, -0.2) is 13.4 Å². The molecule has 0 spiro atoms. The summed E-state index contributed by atoms with van der Waals surface area (Å²) in [5.41, 5.74) is 0.626. The van der Waals surface area contributed by atoms with E-state index in [1.54, 1.807) is 26.4 Å². The van der Waals surface area contributed by atoms with Gasteiger partial charge in [0.25, 0.3) is 0 Å². The van der Waals surface area contributed by atoms with Gasteiger partial charge >= 0.3 is 0 Å². The number of aryl methyl sites for hydroxylation is 1. The molecule has 1 aromatic heterocycles. The summed E-state index contributed by atoms with van der Waals surface area (Å²) < 4.78 is 25.0. The maximum atomic E-state index is 11.5. The smallest absolute Gasteiger partial charge is 0.158 e. The van der Waals surface area contributed by atoms with E-state index in [0.717, 1.165) is 6.54 Å². The average Bonchev–Trinajstić information content (AvgIpc) is 2.51. The minimum atomic E-state index is -3.02. The molecule has 0 bridgehead atoms. The quantitative estimate of drug-likeness (QED) is 0.760. The number of rotatable bonds is 4.